The van der Waals surface area contributed by atoms with Crippen LogP contribution in [0.1, 0.15) is 42.0 Å². The van der Waals surface area contributed by atoms with Crippen LogP contribution in [0.4, 0.5) is 13.2 Å². The van der Waals surface area contributed by atoms with Crippen LogP contribution in [0.3, 0.4) is 0 Å². The standard InChI is InChI=1S/C22H22F3N3O/c1-19(13-28(2)14-19)21(29,18-9-15(10-26)11-27-12-18)17-5-3-16(4-6-17)20(7-8-20)22(23,24)25/h3-6,9,11-12,29H,7-8,13-14H2,1-2H3. The molecule has 0 spiro atoms. The Kier molecular flexibility index (Phi) is 4.30. The molecule has 4 nitrogen and oxygen atoms in total. The lowest BCUT2D eigenvalue weighted by atomic mass is 9.62. The highest BCUT2D eigenvalue weighted by Crippen LogP contribution is 2.59. The molecule has 7 heteroatoms. The first kappa shape index (κ1) is 19.9. The summed E-state index contributed by atoms with van der Waals surface area (Å²) < 4.78 is 40.4. The van der Waals surface area contributed by atoms with Crippen molar-refractivity contribution in [3.05, 3.63) is 65.0 Å². The highest BCUT2D eigenvalue weighted by molar-refractivity contribution is 5.45. The van der Waals surface area contributed by atoms with Gasteiger partial charge in [-0.3, -0.25) is 4.98 Å². The average molecular weight is 401 g/mol. The Labute approximate surface area is 167 Å². The van der Waals surface area contributed by atoms with Gasteiger partial charge in [-0.15, -0.1) is 0 Å². The van der Waals surface area contributed by atoms with Crippen LogP contribution in [0.25, 0.3) is 0 Å². The lowest BCUT2D eigenvalue weighted by Crippen LogP contribution is -2.63. The summed E-state index contributed by atoms with van der Waals surface area (Å²) in [4.78, 5) is 6.15. The molecule has 1 aromatic heterocycles. The third-order valence-electron chi connectivity index (χ3n) is 6.54. The molecule has 1 aromatic carbocycles. The molecule has 0 bridgehead atoms. The van der Waals surface area contributed by atoms with E-state index in [1.165, 1.54) is 24.5 Å². The predicted octanol–water partition coefficient (Wildman–Crippen LogP) is 3.73. The van der Waals surface area contributed by atoms with Crippen molar-refractivity contribution in [1.82, 2.24) is 9.88 Å². The molecule has 1 N–H and O–H groups in total. The summed E-state index contributed by atoms with van der Waals surface area (Å²) >= 11 is 0. The number of nitrogens with zero attached hydrogens (tertiary/aromatic N) is 3. The number of halogens is 3. The van der Waals surface area contributed by atoms with E-state index in [0.717, 1.165) is 0 Å². The van der Waals surface area contributed by atoms with Gasteiger partial charge in [0.15, 0.2) is 0 Å². The number of aliphatic hydroxyl groups is 1. The Bertz CT molecular complexity index is 970. The summed E-state index contributed by atoms with van der Waals surface area (Å²) in [5.41, 5.74) is -2.28. The van der Waals surface area contributed by atoms with Gasteiger partial charge in [0.1, 0.15) is 11.7 Å². The van der Waals surface area contributed by atoms with Crippen LogP contribution in [-0.2, 0) is 11.0 Å². The maximum absolute atomic E-state index is 13.5. The maximum atomic E-state index is 13.5. The molecule has 1 atom stereocenters. The van der Waals surface area contributed by atoms with Gasteiger partial charge in [-0.1, -0.05) is 31.2 Å². The van der Waals surface area contributed by atoms with Gasteiger partial charge in [0.2, 0.25) is 0 Å². The molecule has 2 aromatic rings. The smallest absolute Gasteiger partial charge is 0.380 e. The van der Waals surface area contributed by atoms with Crippen LogP contribution in [-0.4, -0.2) is 41.3 Å². The van der Waals surface area contributed by atoms with E-state index in [2.05, 4.69) is 9.88 Å². The van der Waals surface area contributed by atoms with Crippen molar-refractivity contribution in [1.29, 1.82) is 5.26 Å². The maximum Gasteiger partial charge on any atom is 0.398 e. The number of pyridine rings is 1. The van der Waals surface area contributed by atoms with Crippen LogP contribution in [0, 0.1) is 16.7 Å². The molecule has 4 rings (SSSR count). The molecule has 2 heterocycles. The van der Waals surface area contributed by atoms with Crippen molar-refractivity contribution in [2.24, 2.45) is 5.41 Å². The van der Waals surface area contributed by atoms with Gasteiger partial charge >= 0.3 is 6.18 Å². The van der Waals surface area contributed by atoms with Crippen LogP contribution >= 0.6 is 0 Å². The largest absolute Gasteiger partial charge is 0.398 e. The first-order chi connectivity index (χ1) is 13.6. The number of aromatic nitrogens is 1. The number of likely N-dealkylation sites (tertiary alicyclic amines) is 1. The van der Waals surface area contributed by atoms with E-state index in [-0.39, 0.29) is 18.4 Å². The zero-order chi connectivity index (χ0) is 21.1. The van der Waals surface area contributed by atoms with E-state index in [1.807, 2.05) is 20.0 Å². The van der Waals surface area contributed by atoms with E-state index in [1.54, 1.807) is 18.2 Å². The van der Waals surface area contributed by atoms with Gasteiger partial charge < -0.3 is 10.0 Å². The van der Waals surface area contributed by atoms with Crippen LogP contribution in [0.2, 0.25) is 0 Å². The summed E-state index contributed by atoms with van der Waals surface area (Å²) in [7, 11) is 1.94. The lowest BCUT2D eigenvalue weighted by molar-refractivity contribution is -0.160. The summed E-state index contributed by atoms with van der Waals surface area (Å²) in [5.74, 6) is 0. The van der Waals surface area contributed by atoms with Gasteiger partial charge in [0.25, 0.3) is 0 Å². The number of hydrogen-bond donors (Lipinski definition) is 1. The monoisotopic (exact) mass is 401 g/mol. The summed E-state index contributed by atoms with van der Waals surface area (Å²) in [6, 6.07) is 9.77. The molecule has 1 aliphatic carbocycles. The number of hydrogen-bond acceptors (Lipinski definition) is 4. The normalized spacial score (nSPS) is 22.2. The Balaban J connectivity index is 1.80. The van der Waals surface area contributed by atoms with Crippen molar-refractivity contribution in [2.45, 2.75) is 37.0 Å². The fraction of sp³-hybridized carbons (Fsp3) is 0.455. The van der Waals surface area contributed by atoms with E-state index in [9.17, 15) is 23.5 Å². The SMILES string of the molecule is CN1CC(C)(C(O)(c2ccc(C3(C(F)(F)F)CC3)cc2)c2cncc(C#N)c2)C1. The summed E-state index contributed by atoms with van der Waals surface area (Å²) in [6.45, 7) is 3.15. The van der Waals surface area contributed by atoms with Crippen LogP contribution < -0.4 is 0 Å². The molecule has 1 saturated carbocycles. The number of alkyl halides is 3. The topological polar surface area (TPSA) is 60.1 Å². The van der Waals surface area contributed by atoms with Crippen molar-refractivity contribution in [3.63, 3.8) is 0 Å². The first-order valence-electron chi connectivity index (χ1n) is 9.50. The fourth-order valence-corrected chi connectivity index (χ4v) is 4.83. The third-order valence-corrected chi connectivity index (χ3v) is 6.54. The van der Waals surface area contributed by atoms with E-state index in [4.69, 9.17) is 0 Å². The van der Waals surface area contributed by atoms with Crippen molar-refractivity contribution >= 4 is 0 Å². The molecule has 0 radical (unpaired) electrons. The average Bonchev–Trinajstić information content (AvgIpc) is 3.48. The molecule has 29 heavy (non-hydrogen) atoms. The minimum atomic E-state index is -4.28. The fourth-order valence-electron chi connectivity index (χ4n) is 4.83. The Morgan fingerprint density at radius 2 is 1.72 bits per heavy atom. The van der Waals surface area contributed by atoms with Gasteiger partial charge in [-0.2, -0.15) is 18.4 Å². The molecule has 0 amide bonds. The highest BCUT2D eigenvalue weighted by atomic mass is 19.4. The third kappa shape index (κ3) is 2.85. The number of rotatable bonds is 4. The molecule has 2 aliphatic rings. The zero-order valence-electron chi connectivity index (χ0n) is 16.3. The minimum absolute atomic E-state index is 0.0940. The van der Waals surface area contributed by atoms with Crippen LogP contribution in [0.5, 0.6) is 0 Å². The first-order valence-corrected chi connectivity index (χ1v) is 9.50. The second-order valence-electron chi connectivity index (χ2n) is 8.67. The molecule has 2 fully saturated rings. The second-order valence-corrected chi connectivity index (χ2v) is 8.67. The molecular formula is C22H22F3N3O. The lowest BCUT2D eigenvalue weighted by Gasteiger charge is -2.55. The molecule has 1 saturated heterocycles. The minimum Gasteiger partial charge on any atom is -0.380 e. The van der Waals surface area contributed by atoms with Crippen LogP contribution in [0.15, 0.2) is 42.7 Å². The highest BCUT2D eigenvalue weighted by Gasteiger charge is 2.64. The molecule has 152 valence electrons. The Hall–Kier alpha value is -2.43. The van der Waals surface area contributed by atoms with Gasteiger partial charge in [0.05, 0.1) is 11.0 Å². The second kappa shape index (κ2) is 6.28. The van der Waals surface area contributed by atoms with E-state index >= 15 is 0 Å². The van der Waals surface area contributed by atoms with Crippen molar-refractivity contribution in [3.8, 4) is 6.07 Å². The molecule has 1 unspecified atom stereocenters. The quantitative estimate of drug-likeness (QED) is 0.848. The predicted molar refractivity (Wildman–Crippen MR) is 101 cm³/mol. The zero-order valence-corrected chi connectivity index (χ0v) is 16.3. The Morgan fingerprint density at radius 1 is 1.10 bits per heavy atom. The van der Waals surface area contributed by atoms with E-state index in [0.29, 0.717) is 29.8 Å². The molecular weight excluding hydrogens is 379 g/mol. The number of benzene rings is 1. The van der Waals surface area contributed by atoms with Gasteiger partial charge in [-0.05, 0) is 37.1 Å². The van der Waals surface area contributed by atoms with Crippen molar-refractivity contribution < 1.29 is 18.3 Å². The van der Waals surface area contributed by atoms with Gasteiger partial charge in [0, 0.05) is 36.5 Å². The number of nitriles is 1. The molecule has 1 aliphatic heterocycles. The van der Waals surface area contributed by atoms with Crippen molar-refractivity contribution in [2.75, 3.05) is 20.1 Å². The van der Waals surface area contributed by atoms with Gasteiger partial charge in [-0.25, -0.2) is 0 Å². The summed E-state index contributed by atoms with van der Waals surface area (Å²) in [5, 5.41) is 21.2. The van der Waals surface area contributed by atoms with E-state index < -0.39 is 22.6 Å². The summed E-state index contributed by atoms with van der Waals surface area (Å²) in [6.07, 6.45) is -1.15. The Morgan fingerprint density at radius 3 is 2.21 bits per heavy atom.